The zero-order valence-corrected chi connectivity index (χ0v) is 10.9. The van der Waals surface area contributed by atoms with Crippen LogP contribution in [0, 0.1) is 0 Å². The lowest BCUT2D eigenvalue weighted by Crippen LogP contribution is -2.21. The van der Waals surface area contributed by atoms with E-state index >= 15 is 0 Å². The largest absolute Gasteiger partial charge is 0.382 e. The molecule has 0 aromatic heterocycles. The molecule has 0 aromatic rings. The van der Waals surface area contributed by atoms with Gasteiger partial charge in [-0.1, -0.05) is 5.57 Å². The van der Waals surface area contributed by atoms with E-state index < -0.39 is 0 Å². The Hall–Kier alpha value is -0.380. The summed E-state index contributed by atoms with van der Waals surface area (Å²) >= 11 is 0. The molecule has 0 fully saturated rings. The Morgan fingerprint density at radius 1 is 1.06 bits per heavy atom. The van der Waals surface area contributed by atoms with Gasteiger partial charge in [-0.3, -0.25) is 0 Å². The molecule has 0 aromatic carbocycles. The average Bonchev–Trinajstić information content (AvgIpc) is 2.25. The van der Waals surface area contributed by atoms with Crippen molar-refractivity contribution in [1.82, 2.24) is 5.32 Å². The third-order valence-electron chi connectivity index (χ3n) is 2.19. The lowest BCUT2D eigenvalue weighted by molar-refractivity contribution is 0.136. The van der Waals surface area contributed by atoms with Crippen molar-refractivity contribution < 1.29 is 9.47 Å². The summed E-state index contributed by atoms with van der Waals surface area (Å²) in [7, 11) is 0. The highest BCUT2D eigenvalue weighted by molar-refractivity contribution is 4.86. The van der Waals surface area contributed by atoms with Gasteiger partial charge in [-0.15, -0.1) is 6.58 Å². The summed E-state index contributed by atoms with van der Waals surface area (Å²) in [6, 6.07) is 0. The van der Waals surface area contributed by atoms with E-state index in [1.54, 1.807) is 0 Å². The van der Waals surface area contributed by atoms with E-state index in [4.69, 9.17) is 9.47 Å². The molecule has 3 nitrogen and oxygen atoms in total. The Labute approximate surface area is 100 Å². The van der Waals surface area contributed by atoms with Gasteiger partial charge in [0.15, 0.2) is 0 Å². The van der Waals surface area contributed by atoms with Crippen molar-refractivity contribution in [2.75, 3.05) is 39.5 Å². The average molecular weight is 229 g/mol. The van der Waals surface area contributed by atoms with Crippen LogP contribution in [0.4, 0.5) is 0 Å². The van der Waals surface area contributed by atoms with E-state index in [1.807, 2.05) is 13.8 Å². The van der Waals surface area contributed by atoms with Crippen molar-refractivity contribution in [3.05, 3.63) is 12.2 Å². The molecule has 0 aliphatic carbocycles. The number of hydrogen-bond donors (Lipinski definition) is 1. The molecule has 0 heterocycles. The standard InChI is InChI=1S/C13H27NO2/c1-4-15-10-6-5-8-14-9-12-16-11-7-13(2)3/h14H,2,4-12H2,1,3H3. The molecule has 0 amide bonds. The fourth-order valence-corrected chi connectivity index (χ4v) is 1.22. The summed E-state index contributed by atoms with van der Waals surface area (Å²) < 4.78 is 10.7. The molecule has 0 spiro atoms. The molecular formula is C13H27NO2. The SMILES string of the molecule is C=C(C)CCOCCNCCCCOCC. The molecule has 0 saturated heterocycles. The van der Waals surface area contributed by atoms with Gasteiger partial charge in [-0.25, -0.2) is 0 Å². The molecule has 0 aliphatic rings. The molecule has 0 rings (SSSR count). The minimum Gasteiger partial charge on any atom is -0.382 e. The third kappa shape index (κ3) is 13.6. The van der Waals surface area contributed by atoms with E-state index in [0.717, 1.165) is 52.4 Å². The van der Waals surface area contributed by atoms with Gasteiger partial charge in [0.1, 0.15) is 0 Å². The van der Waals surface area contributed by atoms with Gasteiger partial charge in [-0.2, -0.15) is 0 Å². The van der Waals surface area contributed by atoms with Crippen LogP contribution in [0.25, 0.3) is 0 Å². The summed E-state index contributed by atoms with van der Waals surface area (Å²) in [5.74, 6) is 0. The molecule has 0 saturated carbocycles. The molecule has 96 valence electrons. The second-order valence-corrected chi connectivity index (χ2v) is 3.97. The molecular weight excluding hydrogens is 202 g/mol. The summed E-state index contributed by atoms with van der Waals surface area (Å²) in [6.07, 6.45) is 3.28. The number of hydrogen-bond acceptors (Lipinski definition) is 3. The molecule has 3 heteroatoms. The van der Waals surface area contributed by atoms with E-state index in [2.05, 4.69) is 11.9 Å². The lowest BCUT2D eigenvalue weighted by atomic mass is 10.3. The summed E-state index contributed by atoms with van der Waals surface area (Å²) in [4.78, 5) is 0. The minimum atomic E-state index is 0.790. The molecule has 0 atom stereocenters. The van der Waals surface area contributed by atoms with Crippen LogP contribution in [0.2, 0.25) is 0 Å². The highest BCUT2D eigenvalue weighted by Gasteiger charge is 1.91. The van der Waals surface area contributed by atoms with Crippen molar-refractivity contribution in [2.45, 2.75) is 33.1 Å². The van der Waals surface area contributed by atoms with Crippen molar-refractivity contribution >= 4 is 0 Å². The molecule has 16 heavy (non-hydrogen) atoms. The fourth-order valence-electron chi connectivity index (χ4n) is 1.22. The van der Waals surface area contributed by atoms with Gasteiger partial charge in [0.2, 0.25) is 0 Å². The van der Waals surface area contributed by atoms with Crippen molar-refractivity contribution in [3.8, 4) is 0 Å². The Balaban J connectivity index is 2.90. The summed E-state index contributed by atoms with van der Waals surface area (Å²) in [5, 5.41) is 3.35. The molecule has 0 radical (unpaired) electrons. The maximum Gasteiger partial charge on any atom is 0.0591 e. The van der Waals surface area contributed by atoms with Crippen LogP contribution >= 0.6 is 0 Å². The fraction of sp³-hybridized carbons (Fsp3) is 0.846. The predicted molar refractivity (Wildman–Crippen MR) is 68.8 cm³/mol. The van der Waals surface area contributed by atoms with Gasteiger partial charge in [-0.05, 0) is 39.7 Å². The maximum absolute atomic E-state index is 5.44. The van der Waals surface area contributed by atoms with E-state index in [0.29, 0.717) is 0 Å². The van der Waals surface area contributed by atoms with Crippen molar-refractivity contribution in [1.29, 1.82) is 0 Å². The van der Waals surface area contributed by atoms with Gasteiger partial charge >= 0.3 is 0 Å². The lowest BCUT2D eigenvalue weighted by Gasteiger charge is -2.06. The normalized spacial score (nSPS) is 10.6. The second kappa shape index (κ2) is 12.7. The number of unbranched alkanes of at least 4 members (excludes halogenated alkanes) is 1. The smallest absolute Gasteiger partial charge is 0.0591 e. The Morgan fingerprint density at radius 3 is 2.56 bits per heavy atom. The van der Waals surface area contributed by atoms with Crippen LogP contribution < -0.4 is 5.32 Å². The van der Waals surface area contributed by atoms with Crippen LogP contribution in [0.1, 0.15) is 33.1 Å². The van der Waals surface area contributed by atoms with E-state index in [-0.39, 0.29) is 0 Å². The summed E-state index contributed by atoms with van der Waals surface area (Å²) in [5.41, 5.74) is 1.18. The van der Waals surface area contributed by atoms with Crippen LogP contribution in [-0.2, 0) is 9.47 Å². The first-order valence-corrected chi connectivity index (χ1v) is 6.28. The second-order valence-electron chi connectivity index (χ2n) is 3.97. The van der Waals surface area contributed by atoms with Gasteiger partial charge in [0.25, 0.3) is 0 Å². The first-order valence-electron chi connectivity index (χ1n) is 6.28. The van der Waals surface area contributed by atoms with Gasteiger partial charge in [0.05, 0.1) is 13.2 Å². The number of nitrogens with one attached hydrogen (secondary N) is 1. The summed E-state index contributed by atoms with van der Waals surface area (Å²) in [6.45, 7) is 13.2. The van der Waals surface area contributed by atoms with Crippen LogP contribution in [0.5, 0.6) is 0 Å². The molecule has 0 unspecified atom stereocenters. The highest BCUT2D eigenvalue weighted by atomic mass is 16.5. The minimum absolute atomic E-state index is 0.790. The Kier molecular flexibility index (Phi) is 12.4. The van der Waals surface area contributed by atoms with Crippen molar-refractivity contribution in [2.24, 2.45) is 0 Å². The Morgan fingerprint density at radius 2 is 1.88 bits per heavy atom. The van der Waals surface area contributed by atoms with Gasteiger partial charge in [0, 0.05) is 19.8 Å². The monoisotopic (exact) mass is 229 g/mol. The first kappa shape index (κ1) is 15.6. The highest BCUT2D eigenvalue weighted by Crippen LogP contribution is 1.94. The van der Waals surface area contributed by atoms with Crippen LogP contribution in [-0.4, -0.2) is 39.5 Å². The third-order valence-corrected chi connectivity index (χ3v) is 2.19. The van der Waals surface area contributed by atoms with Crippen LogP contribution in [0.3, 0.4) is 0 Å². The molecule has 0 bridgehead atoms. The van der Waals surface area contributed by atoms with Gasteiger partial charge < -0.3 is 14.8 Å². The van der Waals surface area contributed by atoms with Crippen LogP contribution in [0.15, 0.2) is 12.2 Å². The van der Waals surface area contributed by atoms with E-state index in [1.165, 1.54) is 12.0 Å². The topological polar surface area (TPSA) is 30.5 Å². The number of ether oxygens (including phenoxy) is 2. The number of rotatable bonds is 12. The molecule has 1 N–H and O–H groups in total. The first-order chi connectivity index (χ1) is 7.77. The maximum atomic E-state index is 5.44. The zero-order valence-electron chi connectivity index (χ0n) is 10.9. The Bertz CT molecular complexity index is 160. The quantitative estimate of drug-likeness (QED) is 0.412. The van der Waals surface area contributed by atoms with Crippen molar-refractivity contribution in [3.63, 3.8) is 0 Å². The van der Waals surface area contributed by atoms with E-state index in [9.17, 15) is 0 Å². The predicted octanol–water partition coefficient (Wildman–Crippen LogP) is 2.38. The zero-order chi connectivity index (χ0) is 12.1. The molecule has 0 aliphatic heterocycles.